The zero-order valence-corrected chi connectivity index (χ0v) is 11.6. The molecule has 0 saturated carbocycles. The Labute approximate surface area is 115 Å². The van der Waals surface area contributed by atoms with Crippen LogP contribution in [0.5, 0.6) is 0 Å². The molecule has 0 heterocycles. The van der Waals surface area contributed by atoms with Crippen LogP contribution in [0.4, 0.5) is 10.1 Å². The van der Waals surface area contributed by atoms with E-state index in [1.807, 2.05) is 6.07 Å². The molecule has 0 spiro atoms. The van der Waals surface area contributed by atoms with Gasteiger partial charge in [-0.3, -0.25) is 10.1 Å². The molecule has 0 aliphatic rings. The molecule has 20 heavy (non-hydrogen) atoms. The average molecular weight is 301 g/mol. The highest BCUT2D eigenvalue weighted by Crippen LogP contribution is 2.21. The second-order valence-corrected chi connectivity index (χ2v) is 6.43. The van der Waals surface area contributed by atoms with Crippen LogP contribution in [0.2, 0.25) is 0 Å². The lowest BCUT2D eigenvalue weighted by Crippen LogP contribution is -2.33. The van der Waals surface area contributed by atoms with E-state index in [-0.39, 0.29) is 6.54 Å². The van der Waals surface area contributed by atoms with Gasteiger partial charge in [0.25, 0.3) is 5.69 Å². The molecule has 9 heteroatoms. The number of non-ortho nitro benzene ring substituents is 1. The summed E-state index contributed by atoms with van der Waals surface area (Å²) in [5, 5.41) is 19.4. The molecule has 0 aromatic heterocycles. The summed E-state index contributed by atoms with van der Waals surface area (Å²) in [4.78, 5) is 8.94. The van der Waals surface area contributed by atoms with Crippen molar-refractivity contribution in [2.45, 2.75) is 18.7 Å². The van der Waals surface area contributed by atoms with Crippen molar-refractivity contribution in [1.29, 1.82) is 5.26 Å². The number of hydrogen-bond acceptors (Lipinski definition) is 5. The smallest absolute Gasteiger partial charge is 0.258 e. The van der Waals surface area contributed by atoms with E-state index in [9.17, 15) is 22.9 Å². The SMILES string of the molecule is CC(C)(C#N)CNS(=O)(=O)c1cc([N+](=O)[O-])ccc1F. The van der Waals surface area contributed by atoms with E-state index in [0.717, 1.165) is 6.07 Å². The highest BCUT2D eigenvalue weighted by Gasteiger charge is 2.26. The van der Waals surface area contributed by atoms with Crippen LogP contribution in [-0.2, 0) is 10.0 Å². The Balaban J connectivity index is 3.13. The van der Waals surface area contributed by atoms with Gasteiger partial charge in [0.1, 0.15) is 10.7 Å². The third kappa shape index (κ3) is 3.72. The molecular formula is C11H12FN3O4S. The van der Waals surface area contributed by atoms with E-state index in [4.69, 9.17) is 5.26 Å². The molecule has 0 radical (unpaired) electrons. The first-order valence-electron chi connectivity index (χ1n) is 5.44. The number of nitro groups is 1. The summed E-state index contributed by atoms with van der Waals surface area (Å²) < 4.78 is 39.4. The zero-order chi connectivity index (χ0) is 15.6. The normalized spacial score (nSPS) is 11.9. The van der Waals surface area contributed by atoms with Crippen molar-refractivity contribution >= 4 is 15.7 Å². The largest absolute Gasteiger partial charge is 0.270 e. The lowest BCUT2D eigenvalue weighted by atomic mass is 9.97. The molecule has 0 saturated heterocycles. The van der Waals surface area contributed by atoms with E-state index in [2.05, 4.69) is 4.72 Å². The minimum Gasteiger partial charge on any atom is -0.258 e. The summed E-state index contributed by atoms with van der Waals surface area (Å²) >= 11 is 0. The Morgan fingerprint density at radius 1 is 1.50 bits per heavy atom. The maximum atomic E-state index is 13.5. The van der Waals surface area contributed by atoms with Crippen LogP contribution in [0.3, 0.4) is 0 Å². The lowest BCUT2D eigenvalue weighted by molar-refractivity contribution is -0.385. The van der Waals surface area contributed by atoms with Crippen LogP contribution in [0, 0.1) is 32.7 Å². The van der Waals surface area contributed by atoms with Crippen LogP contribution >= 0.6 is 0 Å². The van der Waals surface area contributed by atoms with E-state index >= 15 is 0 Å². The Kier molecular flexibility index (Phi) is 4.42. The van der Waals surface area contributed by atoms with Crippen molar-refractivity contribution in [2.75, 3.05) is 6.54 Å². The van der Waals surface area contributed by atoms with Gasteiger partial charge in [0.15, 0.2) is 0 Å². The number of sulfonamides is 1. The average Bonchev–Trinajstić information content (AvgIpc) is 2.37. The minimum absolute atomic E-state index is 0.242. The van der Waals surface area contributed by atoms with Gasteiger partial charge in [-0.05, 0) is 19.9 Å². The Morgan fingerprint density at radius 2 is 2.10 bits per heavy atom. The lowest BCUT2D eigenvalue weighted by Gasteiger charge is -2.16. The predicted octanol–water partition coefficient (Wildman–Crippen LogP) is 1.56. The van der Waals surface area contributed by atoms with E-state index in [1.165, 1.54) is 13.8 Å². The van der Waals surface area contributed by atoms with Gasteiger partial charge in [-0.1, -0.05) is 0 Å². The summed E-state index contributed by atoms with van der Waals surface area (Å²) in [6, 6.07) is 4.10. The molecule has 1 N–H and O–H groups in total. The molecule has 0 aliphatic heterocycles. The molecular weight excluding hydrogens is 289 g/mol. The fourth-order valence-corrected chi connectivity index (χ4v) is 2.51. The van der Waals surface area contributed by atoms with Crippen molar-refractivity contribution in [3.05, 3.63) is 34.1 Å². The molecule has 0 atom stereocenters. The number of hydrogen-bond donors (Lipinski definition) is 1. The molecule has 0 aliphatic carbocycles. The summed E-state index contributed by atoms with van der Waals surface area (Å²) in [5.74, 6) is -1.10. The third-order valence-corrected chi connectivity index (χ3v) is 3.84. The second-order valence-electron chi connectivity index (χ2n) is 4.69. The maximum Gasteiger partial charge on any atom is 0.270 e. The topological polar surface area (TPSA) is 113 Å². The molecule has 108 valence electrons. The van der Waals surface area contributed by atoms with Gasteiger partial charge in [0.2, 0.25) is 10.0 Å². The third-order valence-electron chi connectivity index (χ3n) is 2.42. The first-order valence-corrected chi connectivity index (χ1v) is 6.92. The van der Waals surface area contributed by atoms with Crippen molar-refractivity contribution in [1.82, 2.24) is 4.72 Å². The van der Waals surface area contributed by atoms with Gasteiger partial charge in [-0.15, -0.1) is 0 Å². The van der Waals surface area contributed by atoms with Gasteiger partial charge in [0, 0.05) is 18.7 Å². The molecule has 0 unspecified atom stereocenters. The van der Waals surface area contributed by atoms with Gasteiger partial charge in [-0.2, -0.15) is 5.26 Å². The van der Waals surface area contributed by atoms with Crippen molar-refractivity contribution < 1.29 is 17.7 Å². The van der Waals surface area contributed by atoms with E-state index < -0.39 is 36.8 Å². The number of nitrogens with one attached hydrogen (secondary N) is 1. The molecule has 1 rings (SSSR count). The Bertz CT molecular complexity index is 679. The highest BCUT2D eigenvalue weighted by molar-refractivity contribution is 7.89. The van der Waals surface area contributed by atoms with Crippen LogP contribution in [0.25, 0.3) is 0 Å². The molecule has 1 aromatic rings. The maximum absolute atomic E-state index is 13.5. The monoisotopic (exact) mass is 301 g/mol. The number of nitriles is 1. The number of benzene rings is 1. The number of nitro benzene ring substituents is 1. The minimum atomic E-state index is -4.27. The van der Waals surface area contributed by atoms with Crippen LogP contribution < -0.4 is 4.72 Å². The first-order chi connectivity index (χ1) is 9.09. The molecule has 1 aromatic carbocycles. The second kappa shape index (κ2) is 5.52. The molecule has 0 fully saturated rings. The van der Waals surface area contributed by atoms with Gasteiger partial charge < -0.3 is 0 Å². The summed E-state index contributed by atoms with van der Waals surface area (Å²) in [5.41, 5.74) is -1.52. The molecule has 0 bridgehead atoms. The standard InChI is InChI=1S/C11H12FN3O4S/c1-11(2,6-13)7-14-20(18,19)10-5-8(15(16)17)3-4-9(10)12/h3-5,14H,7H2,1-2H3. The van der Waals surface area contributed by atoms with Gasteiger partial charge >= 0.3 is 0 Å². The zero-order valence-electron chi connectivity index (χ0n) is 10.8. The molecule has 0 amide bonds. The number of rotatable bonds is 5. The Hall–Kier alpha value is -2.05. The van der Waals surface area contributed by atoms with Crippen molar-refractivity contribution in [3.8, 4) is 6.07 Å². The number of nitrogens with zero attached hydrogens (tertiary/aromatic N) is 2. The summed E-state index contributed by atoms with van der Waals surface area (Å²) in [6.45, 7) is 2.76. The van der Waals surface area contributed by atoms with E-state index in [0.29, 0.717) is 12.1 Å². The summed E-state index contributed by atoms with van der Waals surface area (Å²) in [6.07, 6.45) is 0. The van der Waals surface area contributed by atoms with Crippen LogP contribution in [-0.4, -0.2) is 19.9 Å². The quantitative estimate of drug-likeness (QED) is 0.655. The van der Waals surface area contributed by atoms with E-state index in [1.54, 1.807) is 0 Å². The van der Waals surface area contributed by atoms with Crippen molar-refractivity contribution in [3.63, 3.8) is 0 Å². The number of halogens is 1. The van der Waals surface area contributed by atoms with Gasteiger partial charge in [0.05, 0.1) is 16.4 Å². The fraction of sp³-hybridized carbons (Fsp3) is 0.364. The van der Waals surface area contributed by atoms with Gasteiger partial charge in [-0.25, -0.2) is 17.5 Å². The van der Waals surface area contributed by atoms with Crippen LogP contribution in [0.15, 0.2) is 23.1 Å². The Morgan fingerprint density at radius 3 is 2.60 bits per heavy atom. The molecule has 7 nitrogen and oxygen atoms in total. The van der Waals surface area contributed by atoms with Crippen LogP contribution in [0.1, 0.15) is 13.8 Å². The van der Waals surface area contributed by atoms with Crippen molar-refractivity contribution in [2.24, 2.45) is 5.41 Å². The highest BCUT2D eigenvalue weighted by atomic mass is 32.2. The first kappa shape index (κ1) is 16.0. The summed E-state index contributed by atoms with van der Waals surface area (Å²) in [7, 11) is -4.27. The predicted molar refractivity (Wildman–Crippen MR) is 67.6 cm³/mol. The fourth-order valence-electron chi connectivity index (χ4n) is 1.20.